The fraction of sp³-hybridized carbons (Fsp3) is 0.500. The van der Waals surface area contributed by atoms with Crippen LogP contribution in [0.4, 0.5) is 11.4 Å². The van der Waals surface area contributed by atoms with Crippen molar-refractivity contribution in [3.05, 3.63) is 82.2 Å². The second-order valence-corrected chi connectivity index (χ2v) is 11.9. The van der Waals surface area contributed by atoms with Crippen molar-refractivity contribution >= 4 is 22.8 Å². The summed E-state index contributed by atoms with van der Waals surface area (Å²) in [4.78, 5) is 10.0. The molecule has 2 N–H and O–H groups in total. The smallest absolute Gasteiger partial charge is 0.0667 e. The molecule has 0 radical (unpaired) electrons. The van der Waals surface area contributed by atoms with Gasteiger partial charge in [0, 0.05) is 13.1 Å². The molecule has 4 heteroatoms. The molecule has 0 bridgehead atoms. The van der Waals surface area contributed by atoms with Crippen LogP contribution in [0.3, 0.4) is 0 Å². The molecule has 0 saturated heterocycles. The lowest BCUT2D eigenvalue weighted by atomic mass is 9.93. The predicted octanol–water partition coefficient (Wildman–Crippen LogP) is 9.66. The van der Waals surface area contributed by atoms with Gasteiger partial charge in [-0.2, -0.15) is 11.4 Å². The Balaban J connectivity index is 2.05. The number of rotatable bonds is 13. The van der Waals surface area contributed by atoms with E-state index in [0.29, 0.717) is 23.7 Å². The maximum absolute atomic E-state index is 5.00. The van der Waals surface area contributed by atoms with Crippen molar-refractivity contribution in [2.75, 3.05) is 13.1 Å². The highest BCUT2D eigenvalue weighted by atomic mass is 15.0. The summed E-state index contributed by atoms with van der Waals surface area (Å²) in [6.07, 6.45) is 6.85. The van der Waals surface area contributed by atoms with Crippen molar-refractivity contribution < 1.29 is 0 Å². The molecule has 0 atom stereocenters. The molecule has 0 heterocycles. The molecule has 40 heavy (non-hydrogen) atoms. The minimum absolute atomic E-state index is 0.420. The third kappa shape index (κ3) is 9.80. The zero-order valence-corrected chi connectivity index (χ0v) is 27.1. The van der Waals surface area contributed by atoms with Crippen molar-refractivity contribution in [1.82, 2.24) is 10.6 Å². The average Bonchev–Trinajstić information content (AvgIpc) is 2.86. The van der Waals surface area contributed by atoms with E-state index in [9.17, 15) is 0 Å². The van der Waals surface area contributed by atoms with Crippen LogP contribution in [-0.2, 0) is 0 Å². The fourth-order valence-corrected chi connectivity index (χ4v) is 4.80. The highest BCUT2D eigenvalue weighted by molar-refractivity contribution is 5.92. The molecule has 2 rings (SSSR count). The first-order chi connectivity index (χ1) is 18.8. The first-order valence-electron chi connectivity index (χ1n) is 14.9. The topological polar surface area (TPSA) is 48.8 Å². The van der Waals surface area contributed by atoms with Crippen LogP contribution in [0.25, 0.3) is 0 Å². The van der Waals surface area contributed by atoms with Crippen LogP contribution in [0.2, 0.25) is 0 Å². The summed E-state index contributed by atoms with van der Waals surface area (Å²) in [5.74, 6) is 1.68. The molecular formula is C36H52N4-2. The van der Waals surface area contributed by atoms with Crippen LogP contribution in [0.15, 0.2) is 57.8 Å². The van der Waals surface area contributed by atoms with E-state index >= 15 is 0 Å². The molecule has 0 saturated carbocycles. The molecule has 4 nitrogen and oxygen atoms in total. The van der Waals surface area contributed by atoms with E-state index in [0.717, 1.165) is 47.3 Å². The van der Waals surface area contributed by atoms with E-state index in [1.54, 1.807) is 0 Å². The molecule has 0 aliphatic carbocycles. The van der Waals surface area contributed by atoms with Crippen LogP contribution >= 0.6 is 0 Å². The molecule has 0 aromatic heterocycles. The fourth-order valence-electron chi connectivity index (χ4n) is 4.80. The van der Waals surface area contributed by atoms with E-state index in [1.165, 1.54) is 22.3 Å². The zero-order chi connectivity index (χ0) is 30.0. The predicted molar refractivity (Wildman–Crippen MR) is 176 cm³/mol. The number of hydrogen-bond donors (Lipinski definition) is 2. The summed E-state index contributed by atoms with van der Waals surface area (Å²) in [5.41, 5.74) is 11.0. The van der Waals surface area contributed by atoms with Gasteiger partial charge in [-0.15, -0.1) is 11.4 Å². The minimum atomic E-state index is 0.420. The molecule has 218 valence electrons. The standard InChI is InChI=1S/C36H52N4/c1-23(2)31-15-13-16-32(24(3)4)35(31)39-29(11)21-27(9)37-19-20-38-28(10)22-30(12)40-36-33(25(5)6)17-14-18-34(36)26(7)8/h13-18,23-26,37-38H,19-20H2,1-12H3/q-2. The van der Waals surface area contributed by atoms with Gasteiger partial charge in [0.25, 0.3) is 0 Å². The van der Waals surface area contributed by atoms with Crippen LogP contribution in [0, 0.1) is 12.2 Å². The lowest BCUT2D eigenvalue weighted by Crippen LogP contribution is -2.26. The van der Waals surface area contributed by atoms with Crippen LogP contribution < -0.4 is 10.6 Å². The summed E-state index contributed by atoms with van der Waals surface area (Å²) in [6, 6.07) is 13.0. The van der Waals surface area contributed by atoms with Crippen LogP contribution in [0.1, 0.15) is 129 Å². The summed E-state index contributed by atoms with van der Waals surface area (Å²) in [5, 5.41) is 6.91. The van der Waals surface area contributed by atoms with Gasteiger partial charge >= 0.3 is 0 Å². The van der Waals surface area contributed by atoms with Gasteiger partial charge in [0.1, 0.15) is 0 Å². The van der Waals surface area contributed by atoms with Crippen LogP contribution in [0.5, 0.6) is 0 Å². The Bertz CT molecular complexity index is 1090. The Kier molecular flexibility index (Phi) is 12.9. The summed E-state index contributed by atoms with van der Waals surface area (Å²) in [6.45, 7) is 27.5. The van der Waals surface area contributed by atoms with E-state index in [4.69, 9.17) is 9.98 Å². The van der Waals surface area contributed by atoms with Gasteiger partial charge in [-0.1, -0.05) is 119 Å². The Hall–Kier alpha value is -3.14. The molecule has 0 aliphatic heterocycles. The molecule has 2 aromatic rings. The van der Waals surface area contributed by atoms with Crippen LogP contribution in [-0.4, -0.2) is 24.5 Å². The highest BCUT2D eigenvalue weighted by Gasteiger charge is 2.13. The minimum Gasteiger partial charge on any atom is -0.430 e. The quantitative estimate of drug-likeness (QED) is 0.151. The van der Waals surface area contributed by atoms with Gasteiger partial charge < -0.3 is 22.8 Å². The molecule has 0 aliphatic rings. The number of allylic oxidation sites excluding steroid dienone is 4. The zero-order valence-electron chi connectivity index (χ0n) is 27.1. The Labute approximate surface area is 245 Å². The van der Waals surface area contributed by atoms with Crippen molar-refractivity contribution in [3.63, 3.8) is 0 Å². The van der Waals surface area contributed by atoms with Gasteiger partial charge in [-0.25, -0.2) is 0 Å². The summed E-state index contributed by atoms with van der Waals surface area (Å²) in [7, 11) is 0. The van der Waals surface area contributed by atoms with E-state index in [-0.39, 0.29) is 0 Å². The number of hydrogen-bond acceptors (Lipinski definition) is 4. The maximum atomic E-state index is 5.00. The lowest BCUT2D eigenvalue weighted by Gasteiger charge is -2.22. The molecule has 2 aromatic carbocycles. The van der Waals surface area contributed by atoms with E-state index in [2.05, 4.69) is 115 Å². The monoisotopic (exact) mass is 540 g/mol. The van der Waals surface area contributed by atoms with Crippen molar-refractivity contribution in [1.29, 1.82) is 0 Å². The number of nitrogens with one attached hydrogen (secondary N) is 2. The van der Waals surface area contributed by atoms with E-state index < -0.39 is 0 Å². The number of aliphatic imine (C=N–C) groups is 2. The number of benzene rings is 2. The van der Waals surface area contributed by atoms with Gasteiger partial charge in [0.15, 0.2) is 0 Å². The third-order valence-corrected chi connectivity index (χ3v) is 6.89. The second-order valence-electron chi connectivity index (χ2n) is 11.9. The van der Waals surface area contributed by atoms with E-state index in [1.807, 2.05) is 27.7 Å². The maximum Gasteiger partial charge on any atom is 0.0667 e. The largest absolute Gasteiger partial charge is 0.430 e. The number of nitrogens with zero attached hydrogens (tertiary/aromatic N) is 2. The third-order valence-electron chi connectivity index (χ3n) is 6.89. The molecule has 0 spiro atoms. The van der Waals surface area contributed by atoms with Gasteiger partial charge in [-0.05, 0) is 45.9 Å². The van der Waals surface area contributed by atoms with Crippen molar-refractivity contribution in [2.45, 2.75) is 107 Å². The first-order valence-corrected chi connectivity index (χ1v) is 14.9. The van der Waals surface area contributed by atoms with Gasteiger partial charge in [0.2, 0.25) is 0 Å². The Morgan fingerprint density at radius 1 is 0.550 bits per heavy atom. The molecular weight excluding hydrogens is 488 g/mol. The average molecular weight is 541 g/mol. The molecule has 0 unspecified atom stereocenters. The first kappa shape index (κ1) is 33.1. The summed E-state index contributed by atoms with van der Waals surface area (Å²) >= 11 is 0. The van der Waals surface area contributed by atoms with Gasteiger partial charge in [-0.3, -0.25) is 9.98 Å². The highest BCUT2D eigenvalue weighted by Crippen LogP contribution is 2.36. The second kappa shape index (κ2) is 15.6. The molecule has 0 amide bonds. The normalized spacial score (nSPS) is 13.7. The number of para-hydroxylation sites is 2. The lowest BCUT2D eigenvalue weighted by molar-refractivity contribution is 0.715. The van der Waals surface area contributed by atoms with Gasteiger partial charge in [0.05, 0.1) is 11.4 Å². The van der Waals surface area contributed by atoms with Crippen molar-refractivity contribution in [2.24, 2.45) is 9.98 Å². The Morgan fingerprint density at radius 3 is 1.07 bits per heavy atom. The molecule has 0 fully saturated rings. The van der Waals surface area contributed by atoms with Crippen molar-refractivity contribution in [3.8, 4) is 0 Å². The SMILES string of the molecule is CC(=[C-]C(C)=Nc1c(C(C)C)cccc1C(C)C)NCCNC(C)=[C-]C(C)=Nc1c(C(C)C)cccc1C(C)C. The Morgan fingerprint density at radius 2 is 0.825 bits per heavy atom. The summed E-state index contributed by atoms with van der Waals surface area (Å²) < 4.78 is 0.